The van der Waals surface area contributed by atoms with Gasteiger partial charge in [-0.1, -0.05) is 12.1 Å². The lowest BCUT2D eigenvalue weighted by Gasteiger charge is -2.10. The van der Waals surface area contributed by atoms with Crippen LogP contribution in [0, 0.1) is 17.2 Å². The van der Waals surface area contributed by atoms with Crippen molar-refractivity contribution in [3.63, 3.8) is 0 Å². The lowest BCUT2D eigenvalue weighted by molar-refractivity contribution is 0.669. The Balaban J connectivity index is 2.56. The van der Waals surface area contributed by atoms with E-state index in [0.29, 0.717) is 0 Å². The molecular formula is C12H17N3S. The number of anilines is 1. The van der Waals surface area contributed by atoms with Crippen LogP contribution in [0.1, 0.15) is 0 Å². The minimum atomic E-state index is 0.0555. The maximum absolute atomic E-state index is 8.94. The van der Waals surface area contributed by atoms with Gasteiger partial charge in [0.05, 0.1) is 12.0 Å². The molecular weight excluding hydrogens is 218 g/mol. The number of nitrogens with zero attached hydrogens (tertiary/aromatic N) is 1. The van der Waals surface area contributed by atoms with E-state index in [9.17, 15) is 0 Å². The Labute approximate surface area is 101 Å². The van der Waals surface area contributed by atoms with Crippen molar-refractivity contribution < 1.29 is 0 Å². The summed E-state index contributed by atoms with van der Waals surface area (Å²) < 4.78 is 0. The van der Waals surface area contributed by atoms with Gasteiger partial charge in [-0.3, -0.25) is 0 Å². The van der Waals surface area contributed by atoms with Crippen LogP contribution in [0.15, 0.2) is 29.2 Å². The van der Waals surface area contributed by atoms with Gasteiger partial charge in [0.1, 0.15) is 0 Å². The number of nitrogens with one attached hydrogen (secondary N) is 2. The summed E-state index contributed by atoms with van der Waals surface area (Å²) in [4.78, 5) is 1.20. The van der Waals surface area contributed by atoms with Gasteiger partial charge in [0, 0.05) is 29.9 Å². The molecule has 16 heavy (non-hydrogen) atoms. The fourth-order valence-corrected chi connectivity index (χ4v) is 2.45. The first-order chi connectivity index (χ1) is 7.81. The highest BCUT2D eigenvalue weighted by Crippen LogP contribution is 2.27. The number of rotatable bonds is 6. The van der Waals surface area contributed by atoms with Crippen LogP contribution in [0.5, 0.6) is 0 Å². The van der Waals surface area contributed by atoms with Crippen LogP contribution in [0.3, 0.4) is 0 Å². The smallest absolute Gasteiger partial charge is 0.0681 e. The zero-order valence-electron chi connectivity index (χ0n) is 9.66. The van der Waals surface area contributed by atoms with Crippen molar-refractivity contribution in [2.45, 2.75) is 4.90 Å². The number of benzene rings is 1. The molecule has 4 heteroatoms. The molecule has 0 aliphatic rings. The number of para-hydroxylation sites is 1. The van der Waals surface area contributed by atoms with E-state index in [-0.39, 0.29) is 5.92 Å². The average molecular weight is 235 g/mol. The Morgan fingerprint density at radius 1 is 1.38 bits per heavy atom. The second-order valence-corrected chi connectivity index (χ2v) is 4.50. The van der Waals surface area contributed by atoms with Gasteiger partial charge in [-0.2, -0.15) is 5.26 Å². The van der Waals surface area contributed by atoms with E-state index in [2.05, 4.69) is 22.8 Å². The molecule has 0 saturated heterocycles. The summed E-state index contributed by atoms with van der Waals surface area (Å²) >= 11 is 1.72. The Morgan fingerprint density at radius 2 is 2.12 bits per heavy atom. The largest absolute Gasteiger partial charge is 0.387 e. The normalized spacial score (nSPS) is 11.8. The fraction of sp³-hybridized carbons (Fsp3) is 0.417. The van der Waals surface area contributed by atoms with E-state index < -0.39 is 0 Å². The minimum Gasteiger partial charge on any atom is -0.387 e. The second-order valence-electron chi connectivity index (χ2n) is 3.44. The molecule has 0 bridgehead atoms. The van der Waals surface area contributed by atoms with Crippen LogP contribution in [0.25, 0.3) is 0 Å². The molecule has 1 atom stereocenters. The second kappa shape index (κ2) is 7.15. The lowest BCUT2D eigenvalue weighted by atomic mass is 10.2. The quantitative estimate of drug-likeness (QED) is 0.742. The summed E-state index contributed by atoms with van der Waals surface area (Å²) in [6.45, 7) is 0.741. The van der Waals surface area contributed by atoms with Crippen molar-refractivity contribution in [2.75, 3.05) is 31.7 Å². The van der Waals surface area contributed by atoms with Gasteiger partial charge in [-0.05, 0) is 19.2 Å². The molecule has 0 aromatic heterocycles. The van der Waals surface area contributed by atoms with E-state index in [1.807, 2.05) is 32.3 Å². The Hall–Kier alpha value is -1.18. The van der Waals surface area contributed by atoms with Crippen molar-refractivity contribution in [1.82, 2.24) is 5.32 Å². The average Bonchev–Trinajstić information content (AvgIpc) is 2.34. The van der Waals surface area contributed by atoms with Crippen molar-refractivity contribution in [3.8, 4) is 6.07 Å². The SMILES string of the molecule is CNCC(C#N)CSc1ccccc1NC. The third-order valence-corrected chi connectivity index (χ3v) is 3.47. The summed E-state index contributed by atoms with van der Waals surface area (Å²) in [5.74, 6) is 0.871. The monoisotopic (exact) mass is 235 g/mol. The van der Waals surface area contributed by atoms with Gasteiger partial charge in [-0.15, -0.1) is 11.8 Å². The van der Waals surface area contributed by atoms with E-state index >= 15 is 0 Å². The summed E-state index contributed by atoms with van der Waals surface area (Å²) in [7, 11) is 3.78. The van der Waals surface area contributed by atoms with Crippen LogP contribution in [0.4, 0.5) is 5.69 Å². The van der Waals surface area contributed by atoms with Crippen molar-refractivity contribution in [2.24, 2.45) is 5.92 Å². The maximum Gasteiger partial charge on any atom is 0.0681 e. The predicted molar refractivity (Wildman–Crippen MR) is 69.7 cm³/mol. The minimum absolute atomic E-state index is 0.0555. The summed E-state index contributed by atoms with van der Waals surface area (Å²) in [5, 5.41) is 15.1. The number of hydrogen-bond donors (Lipinski definition) is 2. The summed E-state index contributed by atoms with van der Waals surface area (Å²) in [6, 6.07) is 10.4. The van der Waals surface area contributed by atoms with Gasteiger partial charge >= 0.3 is 0 Å². The molecule has 0 heterocycles. The molecule has 2 N–H and O–H groups in total. The highest BCUT2D eigenvalue weighted by molar-refractivity contribution is 7.99. The molecule has 0 saturated carbocycles. The molecule has 0 aliphatic heterocycles. The molecule has 86 valence electrons. The van der Waals surface area contributed by atoms with Gasteiger partial charge in [-0.25, -0.2) is 0 Å². The molecule has 0 fully saturated rings. The lowest BCUT2D eigenvalue weighted by Crippen LogP contribution is -2.19. The van der Waals surface area contributed by atoms with E-state index in [1.54, 1.807) is 11.8 Å². The standard InChI is InChI=1S/C12H17N3S/c1-14-8-10(7-13)9-16-12-6-4-3-5-11(12)15-2/h3-6,10,14-15H,8-9H2,1-2H3. The van der Waals surface area contributed by atoms with E-state index in [4.69, 9.17) is 5.26 Å². The van der Waals surface area contributed by atoms with Crippen molar-refractivity contribution in [1.29, 1.82) is 5.26 Å². The van der Waals surface area contributed by atoms with Crippen LogP contribution >= 0.6 is 11.8 Å². The zero-order chi connectivity index (χ0) is 11.8. The number of hydrogen-bond acceptors (Lipinski definition) is 4. The zero-order valence-corrected chi connectivity index (χ0v) is 10.5. The molecule has 1 unspecified atom stereocenters. The highest BCUT2D eigenvalue weighted by atomic mass is 32.2. The van der Waals surface area contributed by atoms with Gasteiger partial charge in [0.15, 0.2) is 0 Å². The first-order valence-corrected chi connectivity index (χ1v) is 6.24. The Morgan fingerprint density at radius 3 is 2.75 bits per heavy atom. The van der Waals surface area contributed by atoms with E-state index in [1.165, 1.54) is 4.90 Å². The van der Waals surface area contributed by atoms with Crippen LogP contribution in [-0.2, 0) is 0 Å². The van der Waals surface area contributed by atoms with Crippen LogP contribution < -0.4 is 10.6 Å². The van der Waals surface area contributed by atoms with Crippen LogP contribution in [-0.4, -0.2) is 26.4 Å². The topological polar surface area (TPSA) is 47.9 Å². The molecule has 1 aromatic rings. The first-order valence-electron chi connectivity index (χ1n) is 5.25. The molecule has 0 spiro atoms. The third kappa shape index (κ3) is 3.76. The summed E-state index contributed by atoms with van der Waals surface area (Å²) in [5.41, 5.74) is 1.12. The number of thioether (sulfide) groups is 1. The third-order valence-electron chi connectivity index (χ3n) is 2.23. The molecule has 0 amide bonds. The Bertz CT molecular complexity index is 360. The van der Waals surface area contributed by atoms with Gasteiger partial charge in [0.2, 0.25) is 0 Å². The summed E-state index contributed by atoms with van der Waals surface area (Å²) in [6.07, 6.45) is 0. The predicted octanol–water partition coefficient (Wildman–Crippen LogP) is 2.18. The molecule has 0 aliphatic carbocycles. The molecule has 1 aromatic carbocycles. The van der Waals surface area contributed by atoms with Crippen LogP contribution in [0.2, 0.25) is 0 Å². The maximum atomic E-state index is 8.94. The Kier molecular flexibility index (Phi) is 5.76. The van der Waals surface area contributed by atoms with E-state index in [0.717, 1.165) is 18.0 Å². The number of nitriles is 1. The first kappa shape index (κ1) is 12.9. The van der Waals surface area contributed by atoms with Crippen molar-refractivity contribution >= 4 is 17.4 Å². The molecule has 0 radical (unpaired) electrons. The van der Waals surface area contributed by atoms with Gasteiger partial charge in [0.25, 0.3) is 0 Å². The van der Waals surface area contributed by atoms with Gasteiger partial charge < -0.3 is 10.6 Å². The fourth-order valence-electron chi connectivity index (χ4n) is 1.38. The molecule has 3 nitrogen and oxygen atoms in total. The molecule has 1 rings (SSSR count). The van der Waals surface area contributed by atoms with Crippen molar-refractivity contribution in [3.05, 3.63) is 24.3 Å². The highest BCUT2D eigenvalue weighted by Gasteiger charge is 2.08.